The van der Waals surface area contributed by atoms with Crippen LogP contribution in [0.25, 0.3) is 10.9 Å². The van der Waals surface area contributed by atoms with Crippen molar-refractivity contribution in [2.75, 3.05) is 11.9 Å². The van der Waals surface area contributed by atoms with Crippen molar-refractivity contribution in [2.45, 2.75) is 13.5 Å². The number of nitrogens with one attached hydrogen (secondary N) is 2. The van der Waals surface area contributed by atoms with Gasteiger partial charge in [-0.2, -0.15) is 5.26 Å². The number of aromatic nitrogens is 1. The average molecular weight is 330 g/mol. The number of anilines is 1. The molecule has 25 heavy (non-hydrogen) atoms. The molecule has 0 atom stereocenters. The smallest absolute Gasteiger partial charge is 0.251 e. The van der Waals surface area contributed by atoms with Gasteiger partial charge in [0.2, 0.25) is 0 Å². The van der Waals surface area contributed by atoms with Gasteiger partial charge < -0.3 is 10.6 Å². The van der Waals surface area contributed by atoms with Gasteiger partial charge in [-0.05, 0) is 30.7 Å². The Morgan fingerprint density at radius 2 is 2.04 bits per heavy atom. The summed E-state index contributed by atoms with van der Waals surface area (Å²) in [5, 5.41) is 16.4. The van der Waals surface area contributed by atoms with E-state index >= 15 is 0 Å². The van der Waals surface area contributed by atoms with Crippen LogP contribution in [0.3, 0.4) is 0 Å². The number of para-hydroxylation sites is 1. The summed E-state index contributed by atoms with van der Waals surface area (Å²) in [6.45, 7) is 2.99. The maximum atomic E-state index is 12.0. The number of carbonyl (C=O) groups excluding carboxylic acids is 1. The van der Waals surface area contributed by atoms with Gasteiger partial charge >= 0.3 is 0 Å². The van der Waals surface area contributed by atoms with E-state index < -0.39 is 0 Å². The lowest BCUT2D eigenvalue weighted by Gasteiger charge is -2.12. The SMILES string of the molecule is CCNC(=O)c1cccc(CNc2c(C#N)cnc3ccccc23)c1. The van der Waals surface area contributed by atoms with Crippen molar-refractivity contribution in [2.24, 2.45) is 0 Å². The third-order valence-electron chi connectivity index (χ3n) is 3.89. The number of nitrogens with zero attached hydrogens (tertiary/aromatic N) is 2. The monoisotopic (exact) mass is 330 g/mol. The van der Waals surface area contributed by atoms with Gasteiger partial charge in [-0.25, -0.2) is 0 Å². The fraction of sp³-hybridized carbons (Fsp3) is 0.150. The second-order valence-corrected chi connectivity index (χ2v) is 5.59. The summed E-state index contributed by atoms with van der Waals surface area (Å²) in [7, 11) is 0. The van der Waals surface area contributed by atoms with Gasteiger partial charge in [0.25, 0.3) is 5.91 Å². The van der Waals surface area contributed by atoms with Crippen molar-refractivity contribution in [3.05, 3.63) is 71.4 Å². The van der Waals surface area contributed by atoms with E-state index in [-0.39, 0.29) is 5.91 Å². The molecule has 0 radical (unpaired) electrons. The molecule has 1 heterocycles. The largest absolute Gasteiger partial charge is 0.379 e. The highest BCUT2D eigenvalue weighted by Crippen LogP contribution is 2.25. The number of benzene rings is 2. The molecular formula is C20H18N4O. The zero-order valence-electron chi connectivity index (χ0n) is 13.9. The number of hydrogen-bond acceptors (Lipinski definition) is 4. The molecule has 3 aromatic rings. The number of fused-ring (bicyclic) bond motifs is 1. The molecule has 124 valence electrons. The summed E-state index contributed by atoms with van der Waals surface area (Å²) in [5.74, 6) is -0.0866. The van der Waals surface area contributed by atoms with E-state index in [4.69, 9.17) is 0 Å². The Balaban J connectivity index is 1.87. The molecule has 0 saturated carbocycles. The Labute approximate surface area is 146 Å². The summed E-state index contributed by atoms with van der Waals surface area (Å²) in [6, 6.07) is 17.3. The van der Waals surface area contributed by atoms with Crippen LogP contribution in [0, 0.1) is 11.3 Å². The highest BCUT2D eigenvalue weighted by atomic mass is 16.1. The molecule has 0 spiro atoms. The van der Waals surface area contributed by atoms with Crippen LogP contribution in [-0.2, 0) is 6.54 Å². The molecule has 5 heteroatoms. The Morgan fingerprint density at radius 1 is 1.20 bits per heavy atom. The third-order valence-corrected chi connectivity index (χ3v) is 3.89. The molecule has 0 aliphatic rings. The van der Waals surface area contributed by atoms with Crippen LogP contribution in [0.5, 0.6) is 0 Å². The molecule has 1 aromatic heterocycles. The molecule has 0 aliphatic heterocycles. The predicted octanol–water partition coefficient (Wildman–Crippen LogP) is 3.47. The Hall–Kier alpha value is -3.39. The van der Waals surface area contributed by atoms with Crippen molar-refractivity contribution >= 4 is 22.5 Å². The molecular weight excluding hydrogens is 312 g/mol. The van der Waals surface area contributed by atoms with Crippen LogP contribution in [0.15, 0.2) is 54.7 Å². The summed E-state index contributed by atoms with van der Waals surface area (Å²) in [4.78, 5) is 16.3. The Morgan fingerprint density at radius 3 is 2.84 bits per heavy atom. The molecule has 0 fully saturated rings. The van der Waals surface area contributed by atoms with Crippen molar-refractivity contribution in [3.63, 3.8) is 0 Å². The first-order valence-electron chi connectivity index (χ1n) is 8.11. The minimum absolute atomic E-state index is 0.0866. The van der Waals surface area contributed by atoms with Gasteiger partial charge in [-0.15, -0.1) is 0 Å². The van der Waals surface area contributed by atoms with Crippen LogP contribution in [-0.4, -0.2) is 17.4 Å². The van der Waals surface area contributed by atoms with Crippen molar-refractivity contribution in [1.82, 2.24) is 10.3 Å². The number of nitriles is 1. The van der Waals surface area contributed by atoms with Gasteiger partial charge in [0, 0.05) is 30.2 Å². The first kappa shape index (κ1) is 16.5. The lowest BCUT2D eigenvalue weighted by molar-refractivity contribution is 0.0955. The summed E-state index contributed by atoms with van der Waals surface area (Å²) < 4.78 is 0. The lowest BCUT2D eigenvalue weighted by Crippen LogP contribution is -2.22. The fourth-order valence-corrected chi connectivity index (χ4v) is 2.69. The zero-order chi connectivity index (χ0) is 17.6. The number of pyridine rings is 1. The summed E-state index contributed by atoms with van der Waals surface area (Å²) in [6.07, 6.45) is 1.58. The normalized spacial score (nSPS) is 10.2. The topological polar surface area (TPSA) is 77.8 Å². The van der Waals surface area contributed by atoms with Gasteiger partial charge in [-0.1, -0.05) is 30.3 Å². The summed E-state index contributed by atoms with van der Waals surface area (Å²) in [5.41, 5.74) is 3.69. The molecule has 2 aromatic carbocycles. The first-order valence-corrected chi connectivity index (χ1v) is 8.11. The van der Waals surface area contributed by atoms with Crippen LogP contribution in [0.2, 0.25) is 0 Å². The Bertz CT molecular complexity index is 959. The minimum atomic E-state index is -0.0866. The Kier molecular flexibility index (Phi) is 4.91. The molecule has 0 bridgehead atoms. The van der Waals surface area contributed by atoms with E-state index in [0.717, 1.165) is 22.2 Å². The predicted molar refractivity (Wildman–Crippen MR) is 98.2 cm³/mol. The van der Waals surface area contributed by atoms with Crippen molar-refractivity contribution in [1.29, 1.82) is 5.26 Å². The second kappa shape index (κ2) is 7.45. The third kappa shape index (κ3) is 3.59. The second-order valence-electron chi connectivity index (χ2n) is 5.59. The molecule has 0 saturated heterocycles. The van der Waals surface area contributed by atoms with E-state index in [0.29, 0.717) is 24.2 Å². The molecule has 1 amide bonds. The molecule has 0 aliphatic carbocycles. The van der Waals surface area contributed by atoms with E-state index in [9.17, 15) is 10.1 Å². The molecule has 0 unspecified atom stereocenters. The van der Waals surface area contributed by atoms with Crippen LogP contribution < -0.4 is 10.6 Å². The maximum Gasteiger partial charge on any atom is 0.251 e. The standard InChI is InChI=1S/C20H18N4O/c1-2-22-20(25)15-7-5-6-14(10-15)12-24-19-16(11-21)13-23-18-9-4-3-8-17(18)19/h3-10,13H,2,12H2,1H3,(H,22,25)(H,23,24). The molecule has 2 N–H and O–H groups in total. The maximum absolute atomic E-state index is 12.0. The van der Waals surface area contributed by atoms with Crippen LogP contribution >= 0.6 is 0 Å². The van der Waals surface area contributed by atoms with E-state index in [2.05, 4.69) is 21.7 Å². The average Bonchev–Trinajstić information content (AvgIpc) is 2.66. The highest BCUT2D eigenvalue weighted by Gasteiger charge is 2.09. The van der Waals surface area contributed by atoms with Crippen LogP contribution in [0.4, 0.5) is 5.69 Å². The van der Waals surface area contributed by atoms with Crippen molar-refractivity contribution < 1.29 is 4.79 Å². The van der Waals surface area contributed by atoms with Gasteiger partial charge in [0.1, 0.15) is 6.07 Å². The summed E-state index contributed by atoms with van der Waals surface area (Å²) >= 11 is 0. The zero-order valence-corrected chi connectivity index (χ0v) is 13.9. The van der Waals surface area contributed by atoms with E-state index in [1.807, 2.05) is 49.4 Å². The quantitative estimate of drug-likeness (QED) is 0.751. The van der Waals surface area contributed by atoms with E-state index in [1.54, 1.807) is 12.3 Å². The van der Waals surface area contributed by atoms with Crippen LogP contribution in [0.1, 0.15) is 28.4 Å². The molecule has 5 nitrogen and oxygen atoms in total. The number of rotatable bonds is 5. The highest BCUT2D eigenvalue weighted by molar-refractivity contribution is 5.95. The van der Waals surface area contributed by atoms with Gasteiger partial charge in [-0.3, -0.25) is 9.78 Å². The lowest BCUT2D eigenvalue weighted by atomic mass is 10.1. The number of hydrogen-bond donors (Lipinski definition) is 2. The first-order chi connectivity index (χ1) is 12.2. The number of carbonyl (C=O) groups is 1. The number of amides is 1. The molecule has 3 rings (SSSR count). The van der Waals surface area contributed by atoms with Gasteiger partial charge in [0.05, 0.1) is 16.8 Å². The van der Waals surface area contributed by atoms with E-state index in [1.165, 1.54) is 0 Å². The minimum Gasteiger partial charge on any atom is -0.379 e. The fourth-order valence-electron chi connectivity index (χ4n) is 2.69. The van der Waals surface area contributed by atoms with Crippen molar-refractivity contribution in [3.8, 4) is 6.07 Å². The van der Waals surface area contributed by atoms with Gasteiger partial charge in [0.15, 0.2) is 0 Å².